The molecule has 0 spiro atoms. The maximum Gasteiger partial charge on any atom is 0.0596 e. The number of hydrogen-bond acceptors (Lipinski definition) is 2. The SMILES string of the molecule is Cc1cc(Cl)cc(N(C2=CCC3C(=C2)C(C)(C)c2ccccc2N3C2=CC=CCC2)c2ccccc2)c1. The number of rotatable bonds is 4. The molecule has 37 heavy (non-hydrogen) atoms. The van der Waals surface area contributed by atoms with Crippen LogP contribution in [-0.4, -0.2) is 6.04 Å². The van der Waals surface area contributed by atoms with Crippen LogP contribution in [0, 0.1) is 6.92 Å². The topological polar surface area (TPSA) is 6.48 Å². The standard InChI is InChI=1S/C34H33ClN2/c1-24-20-25(35)22-29(21-24)36(26-12-6-4-7-13-26)28-18-19-33-31(23-28)34(2,3)30-16-10-11-17-32(30)37(33)27-14-8-5-9-15-27/h4-8,10-14,16-18,20-23,33H,9,15,19H2,1-3H3. The summed E-state index contributed by atoms with van der Waals surface area (Å²) in [5.74, 6) is 0. The van der Waals surface area contributed by atoms with Gasteiger partial charge in [-0.25, -0.2) is 0 Å². The molecule has 0 aromatic heterocycles. The van der Waals surface area contributed by atoms with Crippen LogP contribution in [0.3, 0.4) is 0 Å². The van der Waals surface area contributed by atoms with E-state index in [1.54, 1.807) is 0 Å². The maximum absolute atomic E-state index is 6.56. The molecule has 3 aromatic rings. The predicted molar refractivity (Wildman–Crippen MR) is 158 cm³/mol. The average Bonchev–Trinajstić information content (AvgIpc) is 2.90. The average molecular weight is 505 g/mol. The van der Waals surface area contributed by atoms with E-state index in [-0.39, 0.29) is 5.41 Å². The van der Waals surface area contributed by atoms with Crippen molar-refractivity contribution in [2.24, 2.45) is 0 Å². The highest BCUT2D eigenvalue weighted by atomic mass is 35.5. The van der Waals surface area contributed by atoms with Crippen LogP contribution in [0.1, 0.15) is 44.2 Å². The maximum atomic E-state index is 6.56. The molecule has 0 N–H and O–H groups in total. The molecule has 3 heteroatoms. The van der Waals surface area contributed by atoms with E-state index in [1.165, 1.54) is 28.2 Å². The van der Waals surface area contributed by atoms with E-state index >= 15 is 0 Å². The van der Waals surface area contributed by atoms with E-state index in [2.05, 4.69) is 128 Å². The van der Waals surface area contributed by atoms with E-state index in [0.29, 0.717) is 6.04 Å². The molecule has 1 aliphatic heterocycles. The third-order valence-corrected chi connectivity index (χ3v) is 8.16. The fourth-order valence-electron chi connectivity index (χ4n) is 6.22. The van der Waals surface area contributed by atoms with Gasteiger partial charge in [0, 0.05) is 38.9 Å². The summed E-state index contributed by atoms with van der Waals surface area (Å²) >= 11 is 6.56. The number of fused-ring (bicyclic) bond motifs is 2. The molecule has 2 nitrogen and oxygen atoms in total. The van der Waals surface area contributed by atoms with Gasteiger partial charge in [-0.2, -0.15) is 0 Å². The first-order chi connectivity index (χ1) is 17.9. The molecule has 3 aliphatic rings. The van der Waals surface area contributed by atoms with E-state index in [0.717, 1.165) is 41.2 Å². The fraction of sp³-hybridized carbons (Fsp3) is 0.235. The summed E-state index contributed by atoms with van der Waals surface area (Å²) < 4.78 is 0. The van der Waals surface area contributed by atoms with Crippen LogP contribution in [0.4, 0.5) is 17.1 Å². The van der Waals surface area contributed by atoms with E-state index < -0.39 is 0 Å². The normalized spacial score (nSPS) is 19.8. The van der Waals surface area contributed by atoms with E-state index in [4.69, 9.17) is 11.6 Å². The number of anilines is 3. The molecule has 1 atom stereocenters. The van der Waals surface area contributed by atoms with Gasteiger partial charge in [0.25, 0.3) is 0 Å². The number of nitrogens with zero attached hydrogens (tertiary/aromatic N) is 2. The molecule has 3 aromatic carbocycles. The van der Waals surface area contributed by atoms with Crippen LogP contribution in [-0.2, 0) is 5.41 Å². The molecular weight excluding hydrogens is 472 g/mol. The Bertz CT molecular complexity index is 1440. The molecule has 0 fully saturated rings. The first-order valence-electron chi connectivity index (χ1n) is 13.2. The smallest absolute Gasteiger partial charge is 0.0596 e. The van der Waals surface area contributed by atoms with Gasteiger partial charge in [0.15, 0.2) is 0 Å². The lowest BCUT2D eigenvalue weighted by Crippen LogP contribution is -2.48. The minimum Gasteiger partial charge on any atom is -0.337 e. The van der Waals surface area contributed by atoms with Crippen molar-refractivity contribution in [2.45, 2.75) is 51.5 Å². The first-order valence-corrected chi connectivity index (χ1v) is 13.6. The highest BCUT2D eigenvalue weighted by molar-refractivity contribution is 6.31. The second-order valence-corrected chi connectivity index (χ2v) is 11.2. The zero-order valence-corrected chi connectivity index (χ0v) is 22.5. The van der Waals surface area contributed by atoms with Crippen LogP contribution in [0.15, 0.2) is 120 Å². The Morgan fingerprint density at radius 3 is 2.49 bits per heavy atom. The van der Waals surface area contributed by atoms with Crippen molar-refractivity contribution in [3.8, 4) is 0 Å². The number of halogens is 1. The molecule has 6 rings (SSSR count). The van der Waals surface area contributed by atoms with Crippen LogP contribution in [0.5, 0.6) is 0 Å². The lowest BCUT2D eigenvalue weighted by molar-refractivity contribution is 0.507. The summed E-state index contributed by atoms with van der Waals surface area (Å²) in [6.45, 7) is 6.88. The van der Waals surface area contributed by atoms with Crippen molar-refractivity contribution in [2.75, 3.05) is 9.80 Å². The lowest BCUT2D eigenvalue weighted by atomic mass is 9.68. The minimum absolute atomic E-state index is 0.0883. The Balaban J connectivity index is 1.51. The molecule has 0 bridgehead atoms. The Labute approximate surface area is 225 Å². The molecule has 0 saturated heterocycles. The Morgan fingerprint density at radius 2 is 1.73 bits per heavy atom. The molecule has 186 valence electrons. The zero-order valence-electron chi connectivity index (χ0n) is 21.8. The van der Waals surface area contributed by atoms with Crippen LogP contribution in [0.25, 0.3) is 0 Å². The van der Waals surface area contributed by atoms with Crippen molar-refractivity contribution in [1.82, 2.24) is 0 Å². The Morgan fingerprint density at radius 1 is 0.946 bits per heavy atom. The van der Waals surface area contributed by atoms with Gasteiger partial charge >= 0.3 is 0 Å². The third-order valence-electron chi connectivity index (χ3n) is 7.94. The molecule has 0 amide bonds. The second kappa shape index (κ2) is 9.43. The van der Waals surface area contributed by atoms with Crippen LogP contribution >= 0.6 is 11.6 Å². The minimum atomic E-state index is -0.0883. The van der Waals surface area contributed by atoms with Gasteiger partial charge in [0.1, 0.15) is 0 Å². The van der Waals surface area contributed by atoms with Gasteiger partial charge in [0.2, 0.25) is 0 Å². The monoisotopic (exact) mass is 504 g/mol. The molecule has 0 saturated carbocycles. The molecular formula is C34H33ClN2. The van der Waals surface area contributed by atoms with E-state index in [9.17, 15) is 0 Å². The lowest BCUT2D eigenvalue weighted by Gasteiger charge is -2.50. The first kappa shape index (κ1) is 23.9. The number of para-hydroxylation sites is 2. The number of benzene rings is 3. The van der Waals surface area contributed by atoms with Crippen molar-refractivity contribution in [3.05, 3.63) is 136 Å². The molecule has 0 radical (unpaired) electrons. The van der Waals surface area contributed by atoms with Gasteiger partial charge in [-0.15, -0.1) is 0 Å². The van der Waals surface area contributed by atoms with Gasteiger partial charge in [-0.3, -0.25) is 0 Å². The van der Waals surface area contributed by atoms with Gasteiger partial charge in [-0.05, 0) is 91.4 Å². The zero-order chi connectivity index (χ0) is 25.6. The molecule has 1 heterocycles. The summed E-state index contributed by atoms with van der Waals surface area (Å²) in [6, 6.07) is 26.2. The predicted octanol–water partition coefficient (Wildman–Crippen LogP) is 9.40. The summed E-state index contributed by atoms with van der Waals surface area (Å²) in [6.07, 6.45) is 14.8. The Hall–Kier alpha value is -3.49. The van der Waals surface area contributed by atoms with E-state index in [1.807, 2.05) is 6.07 Å². The summed E-state index contributed by atoms with van der Waals surface area (Å²) in [5, 5.41) is 0.758. The van der Waals surface area contributed by atoms with Crippen molar-refractivity contribution in [3.63, 3.8) is 0 Å². The quantitative estimate of drug-likeness (QED) is 0.349. The summed E-state index contributed by atoms with van der Waals surface area (Å²) in [5.41, 5.74) is 10.1. The van der Waals surface area contributed by atoms with Crippen LogP contribution in [0.2, 0.25) is 5.02 Å². The van der Waals surface area contributed by atoms with Crippen molar-refractivity contribution in [1.29, 1.82) is 0 Å². The van der Waals surface area contributed by atoms with Gasteiger partial charge < -0.3 is 9.80 Å². The highest BCUT2D eigenvalue weighted by Crippen LogP contribution is 2.51. The van der Waals surface area contributed by atoms with Crippen LogP contribution < -0.4 is 9.80 Å². The largest absolute Gasteiger partial charge is 0.337 e. The summed E-state index contributed by atoms with van der Waals surface area (Å²) in [7, 11) is 0. The van der Waals surface area contributed by atoms with Gasteiger partial charge in [0.05, 0.1) is 6.04 Å². The van der Waals surface area contributed by atoms with Crippen molar-refractivity contribution < 1.29 is 0 Å². The number of hydrogen-bond donors (Lipinski definition) is 0. The highest BCUT2D eigenvalue weighted by Gasteiger charge is 2.43. The fourth-order valence-corrected chi connectivity index (χ4v) is 6.51. The summed E-state index contributed by atoms with van der Waals surface area (Å²) in [4.78, 5) is 4.96. The second-order valence-electron chi connectivity index (χ2n) is 10.8. The van der Waals surface area contributed by atoms with Gasteiger partial charge in [-0.1, -0.05) is 80.1 Å². The third kappa shape index (κ3) is 4.24. The molecule has 1 unspecified atom stereocenters. The molecule has 2 aliphatic carbocycles. The number of allylic oxidation sites excluding steroid dienone is 5. The number of aryl methyl sites for hydroxylation is 1. The Kier molecular flexibility index (Phi) is 6.09. The van der Waals surface area contributed by atoms with Crippen molar-refractivity contribution >= 4 is 28.7 Å².